The number of amidine groups is 1. The summed E-state index contributed by atoms with van der Waals surface area (Å²) in [6.45, 7) is 7.81. The van der Waals surface area contributed by atoms with Crippen LogP contribution in [0.4, 0.5) is 0 Å². The van der Waals surface area contributed by atoms with Gasteiger partial charge in [-0.15, -0.1) is 5.11 Å². The smallest absolute Gasteiger partial charge is 0.265 e. The van der Waals surface area contributed by atoms with Crippen molar-refractivity contribution < 1.29 is 4.79 Å². The number of rotatable bonds is 1. The highest BCUT2D eigenvalue weighted by atomic mass is 16.1. The maximum Gasteiger partial charge on any atom is 0.293 e. The number of aliphatic imine (C=N–C) groups is 2. The average molecular weight is 218 g/mol. The van der Waals surface area contributed by atoms with E-state index >= 15 is 0 Å². The fraction of sp³-hybridized carbons (Fsp3) is 0.545. The van der Waals surface area contributed by atoms with E-state index in [0.29, 0.717) is 23.2 Å². The van der Waals surface area contributed by atoms with Crippen molar-refractivity contribution >= 4 is 17.5 Å². The van der Waals surface area contributed by atoms with E-state index in [0.717, 1.165) is 5.57 Å². The van der Waals surface area contributed by atoms with Crippen LogP contribution in [0.15, 0.2) is 31.5 Å². The zero-order valence-corrected chi connectivity index (χ0v) is 9.85. The maximum atomic E-state index is 11.3. The molecule has 2 aliphatic heterocycles. The molecule has 0 saturated carbocycles. The summed E-state index contributed by atoms with van der Waals surface area (Å²) in [5.41, 5.74) is 2.17. The molecule has 1 atom stereocenters. The molecule has 16 heavy (non-hydrogen) atoms. The summed E-state index contributed by atoms with van der Waals surface area (Å²) in [7, 11) is 0. The predicted octanol–water partition coefficient (Wildman–Crippen LogP) is 2.15. The molecule has 0 radical (unpaired) electrons. The summed E-state index contributed by atoms with van der Waals surface area (Å²) in [6, 6.07) is 0.0405. The van der Waals surface area contributed by atoms with Gasteiger partial charge in [0.05, 0.1) is 6.04 Å². The Morgan fingerprint density at radius 3 is 2.50 bits per heavy atom. The van der Waals surface area contributed by atoms with Crippen molar-refractivity contribution in [1.82, 2.24) is 0 Å². The van der Waals surface area contributed by atoms with Crippen LogP contribution in [0.25, 0.3) is 0 Å². The van der Waals surface area contributed by atoms with Crippen LogP contribution in [0.1, 0.15) is 27.7 Å². The molecule has 0 aromatic rings. The van der Waals surface area contributed by atoms with Gasteiger partial charge in [0.25, 0.3) is 5.91 Å². The number of fused-ring (bicyclic) bond motifs is 1. The van der Waals surface area contributed by atoms with Gasteiger partial charge in [-0.2, -0.15) is 10.1 Å². The third kappa shape index (κ3) is 1.62. The van der Waals surface area contributed by atoms with Crippen molar-refractivity contribution in [1.29, 1.82) is 0 Å². The second kappa shape index (κ2) is 3.73. The Kier molecular flexibility index (Phi) is 2.53. The highest BCUT2D eigenvalue weighted by Crippen LogP contribution is 2.27. The van der Waals surface area contributed by atoms with Crippen LogP contribution in [0.2, 0.25) is 0 Å². The van der Waals surface area contributed by atoms with Gasteiger partial charge in [0, 0.05) is 0 Å². The van der Waals surface area contributed by atoms with Crippen molar-refractivity contribution in [3.8, 4) is 0 Å². The van der Waals surface area contributed by atoms with Gasteiger partial charge in [-0.05, 0) is 25.3 Å². The van der Waals surface area contributed by atoms with Crippen LogP contribution in [-0.2, 0) is 4.79 Å². The van der Waals surface area contributed by atoms with Crippen LogP contribution in [-0.4, -0.2) is 23.5 Å². The fourth-order valence-electron chi connectivity index (χ4n) is 1.81. The van der Waals surface area contributed by atoms with E-state index in [1.54, 1.807) is 6.92 Å². The molecule has 0 saturated heterocycles. The first-order valence-electron chi connectivity index (χ1n) is 5.31. The standard InChI is InChI=1S/C11H14N4O/c1-5(2)8-6(3)9-10(15-14-8)13-11(16)7(4)12-9/h5,8H,1-4H3. The second-order valence-electron chi connectivity index (χ2n) is 4.37. The first-order valence-corrected chi connectivity index (χ1v) is 5.31. The molecule has 0 aliphatic carbocycles. The van der Waals surface area contributed by atoms with E-state index in [9.17, 15) is 4.79 Å². The minimum Gasteiger partial charge on any atom is -0.265 e. The minimum atomic E-state index is -0.325. The Morgan fingerprint density at radius 1 is 1.19 bits per heavy atom. The molecule has 1 amide bonds. The molecule has 0 aromatic carbocycles. The predicted molar refractivity (Wildman–Crippen MR) is 61.7 cm³/mol. The lowest BCUT2D eigenvalue weighted by Crippen LogP contribution is -2.26. The lowest BCUT2D eigenvalue weighted by molar-refractivity contribution is -0.111. The molecule has 0 fully saturated rings. The van der Waals surface area contributed by atoms with Gasteiger partial charge in [0.1, 0.15) is 11.4 Å². The third-order valence-corrected chi connectivity index (χ3v) is 2.73. The van der Waals surface area contributed by atoms with Gasteiger partial charge in [0.15, 0.2) is 0 Å². The summed E-state index contributed by atoms with van der Waals surface area (Å²) in [4.78, 5) is 19.4. The molecule has 0 aromatic heterocycles. The second-order valence-corrected chi connectivity index (χ2v) is 4.37. The van der Waals surface area contributed by atoms with Crippen LogP contribution >= 0.6 is 0 Å². The van der Waals surface area contributed by atoms with E-state index in [2.05, 4.69) is 34.1 Å². The molecule has 2 rings (SSSR count). The van der Waals surface area contributed by atoms with E-state index < -0.39 is 0 Å². The topological polar surface area (TPSA) is 66.5 Å². The summed E-state index contributed by atoms with van der Waals surface area (Å²) < 4.78 is 0. The largest absolute Gasteiger partial charge is 0.293 e. The molecule has 0 N–H and O–H groups in total. The van der Waals surface area contributed by atoms with Crippen molar-refractivity contribution in [3.63, 3.8) is 0 Å². The first-order chi connectivity index (χ1) is 7.50. The lowest BCUT2D eigenvalue weighted by atomic mass is 9.95. The monoisotopic (exact) mass is 218 g/mol. The van der Waals surface area contributed by atoms with Gasteiger partial charge in [-0.3, -0.25) is 4.79 Å². The number of carbonyl (C=O) groups excluding carboxylic acids is 1. The van der Waals surface area contributed by atoms with E-state index in [1.807, 2.05) is 6.92 Å². The Morgan fingerprint density at radius 2 is 1.88 bits per heavy atom. The van der Waals surface area contributed by atoms with E-state index in [-0.39, 0.29) is 11.9 Å². The zero-order chi connectivity index (χ0) is 11.9. The number of nitrogens with zero attached hydrogens (tertiary/aromatic N) is 4. The first kappa shape index (κ1) is 10.9. The van der Waals surface area contributed by atoms with Crippen molar-refractivity contribution in [2.45, 2.75) is 33.7 Å². The number of azo groups is 1. The molecule has 5 heteroatoms. The Hall–Kier alpha value is -1.65. The van der Waals surface area contributed by atoms with E-state index in [1.165, 1.54) is 0 Å². The van der Waals surface area contributed by atoms with Crippen molar-refractivity contribution in [2.75, 3.05) is 0 Å². The molecule has 5 nitrogen and oxygen atoms in total. The highest BCUT2D eigenvalue weighted by Gasteiger charge is 2.28. The Labute approximate surface area is 94.1 Å². The number of carbonyl (C=O) groups is 1. The van der Waals surface area contributed by atoms with Crippen LogP contribution < -0.4 is 0 Å². The molecular weight excluding hydrogens is 204 g/mol. The fourth-order valence-corrected chi connectivity index (χ4v) is 1.81. The van der Waals surface area contributed by atoms with Gasteiger partial charge < -0.3 is 0 Å². The molecule has 1 unspecified atom stereocenters. The van der Waals surface area contributed by atoms with Gasteiger partial charge in [-0.1, -0.05) is 13.8 Å². The number of hydrogen-bond acceptors (Lipinski definition) is 4. The summed E-state index contributed by atoms with van der Waals surface area (Å²) in [6.07, 6.45) is 0. The van der Waals surface area contributed by atoms with Gasteiger partial charge in [-0.25, -0.2) is 4.99 Å². The van der Waals surface area contributed by atoms with Crippen molar-refractivity contribution in [3.05, 3.63) is 11.3 Å². The Balaban J connectivity index is 2.49. The molecule has 2 aliphatic rings. The van der Waals surface area contributed by atoms with Crippen molar-refractivity contribution in [2.24, 2.45) is 26.1 Å². The number of hydrogen-bond donors (Lipinski definition) is 0. The molecule has 84 valence electrons. The lowest BCUT2D eigenvalue weighted by Gasteiger charge is -2.23. The summed E-state index contributed by atoms with van der Waals surface area (Å²) >= 11 is 0. The van der Waals surface area contributed by atoms with Gasteiger partial charge in [0.2, 0.25) is 5.84 Å². The SMILES string of the molecule is CC1=NC2=C(C)C(C(C)C)N=NC2=NC1=O. The maximum absolute atomic E-state index is 11.3. The quantitative estimate of drug-likeness (QED) is 0.665. The minimum absolute atomic E-state index is 0.0405. The molecule has 0 spiro atoms. The third-order valence-electron chi connectivity index (χ3n) is 2.73. The summed E-state index contributed by atoms with van der Waals surface area (Å²) in [5, 5.41) is 8.15. The molecule has 0 bridgehead atoms. The zero-order valence-electron chi connectivity index (χ0n) is 9.85. The van der Waals surface area contributed by atoms with Crippen LogP contribution in [0.5, 0.6) is 0 Å². The molecule has 2 heterocycles. The van der Waals surface area contributed by atoms with Crippen LogP contribution in [0.3, 0.4) is 0 Å². The normalized spacial score (nSPS) is 24.6. The van der Waals surface area contributed by atoms with E-state index in [4.69, 9.17) is 0 Å². The van der Waals surface area contributed by atoms with Crippen LogP contribution in [0, 0.1) is 5.92 Å². The Bertz CT molecular complexity index is 468. The average Bonchev–Trinajstić information content (AvgIpc) is 2.21. The highest BCUT2D eigenvalue weighted by molar-refractivity contribution is 6.42. The number of amides is 1. The van der Waals surface area contributed by atoms with Gasteiger partial charge >= 0.3 is 0 Å². The summed E-state index contributed by atoms with van der Waals surface area (Å²) in [5.74, 6) is 0.393. The molecular formula is C11H14N4O.